The zero-order valence-corrected chi connectivity index (χ0v) is 11.1. The third-order valence-electron chi connectivity index (χ3n) is 3.46. The quantitative estimate of drug-likeness (QED) is 0.763. The molecule has 1 aliphatic heterocycles. The molecule has 18 heavy (non-hydrogen) atoms. The predicted octanol–water partition coefficient (Wildman–Crippen LogP) is 2.70. The molecule has 0 saturated heterocycles. The SMILES string of the molecule is CC(=O)N1CCCCCCNCc2ccccc21. The average Bonchev–Trinajstić information content (AvgIpc) is 2.41. The Kier molecular flexibility index (Phi) is 4.76. The van der Waals surface area contributed by atoms with Crippen LogP contribution in [0, 0.1) is 0 Å². The Morgan fingerprint density at radius 1 is 1.17 bits per heavy atom. The molecule has 0 unspecified atom stereocenters. The minimum absolute atomic E-state index is 0.140. The van der Waals surface area contributed by atoms with Crippen LogP contribution in [0.2, 0.25) is 0 Å². The van der Waals surface area contributed by atoms with Crippen molar-refractivity contribution in [3.8, 4) is 0 Å². The summed E-state index contributed by atoms with van der Waals surface area (Å²) in [6.07, 6.45) is 4.76. The Bertz CT molecular complexity index is 403. The molecule has 1 heterocycles. The molecular weight excluding hydrogens is 224 g/mol. The second-order valence-electron chi connectivity index (χ2n) is 4.89. The molecule has 1 aliphatic rings. The normalized spacial score (nSPS) is 17.7. The second-order valence-corrected chi connectivity index (χ2v) is 4.89. The van der Waals surface area contributed by atoms with Crippen LogP contribution in [0.1, 0.15) is 38.2 Å². The molecule has 2 rings (SSSR count). The van der Waals surface area contributed by atoms with Gasteiger partial charge >= 0.3 is 0 Å². The van der Waals surface area contributed by atoms with E-state index in [4.69, 9.17) is 0 Å². The Morgan fingerprint density at radius 2 is 1.94 bits per heavy atom. The van der Waals surface area contributed by atoms with E-state index in [9.17, 15) is 4.79 Å². The fourth-order valence-electron chi connectivity index (χ4n) is 2.47. The number of fused-ring (bicyclic) bond motifs is 1. The lowest BCUT2D eigenvalue weighted by Crippen LogP contribution is -2.30. The van der Waals surface area contributed by atoms with Crippen LogP contribution in [0.25, 0.3) is 0 Å². The summed E-state index contributed by atoms with van der Waals surface area (Å²) in [6, 6.07) is 8.21. The summed E-state index contributed by atoms with van der Waals surface area (Å²) < 4.78 is 0. The van der Waals surface area contributed by atoms with Crippen molar-refractivity contribution in [2.45, 2.75) is 39.2 Å². The Morgan fingerprint density at radius 3 is 2.78 bits per heavy atom. The van der Waals surface area contributed by atoms with Crippen LogP contribution in [0.4, 0.5) is 5.69 Å². The number of rotatable bonds is 0. The molecule has 0 aliphatic carbocycles. The van der Waals surface area contributed by atoms with Crippen molar-refractivity contribution in [2.75, 3.05) is 18.0 Å². The number of benzene rings is 1. The summed E-state index contributed by atoms with van der Waals surface area (Å²) in [4.78, 5) is 13.7. The first-order chi connectivity index (χ1) is 8.79. The summed E-state index contributed by atoms with van der Waals surface area (Å²) in [6.45, 7) is 4.41. The summed E-state index contributed by atoms with van der Waals surface area (Å²) in [7, 11) is 0. The van der Waals surface area contributed by atoms with Gasteiger partial charge in [0.1, 0.15) is 0 Å². The topological polar surface area (TPSA) is 32.3 Å². The number of para-hydroxylation sites is 1. The summed E-state index contributed by atoms with van der Waals surface area (Å²) >= 11 is 0. The van der Waals surface area contributed by atoms with Crippen LogP contribution >= 0.6 is 0 Å². The lowest BCUT2D eigenvalue weighted by Gasteiger charge is -2.23. The van der Waals surface area contributed by atoms with Crippen molar-refractivity contribution in [1.29, 1.82) is 0 Å². The minimum atomic E-state index is 0.140. The molecule has 3 nitrogen and oxygen atoms in total. The summed E-state index contributed by atoms with van der Waals surface area (Å²) in [5.41, 5.74) is 2.29. The van der Waals surface area contributed by atoms with Crippen LogP contribution < -0.4 is 10.2 Å². The zero-order chi connectivity index (χ0) is 12.8. The van der Waals surface area contributed by atoms with Crippen LogP contribution in [-0.2, 0) is 11.3 Å². The molecule has 1 aromatic carbocycles. The molecular formula is C15H22N2O. The van der Waals surface area contributed by atoms with Gasteiger partial charge in [-0.15, -0.1) is 0 Å². The molecule has 98 valence electrons. The monoisotopic (exact) mass is 246 g/mol. The molecule has 0 fully saturated rings. The number of anilines is 1. The number of carbonyl (C=O) groups is 1. The standard InChI is InChI=1S/C15H22N2O/c1-13(18)17-11-7-3-2-6-10-16-12-14-8-4-5-9-15(14)17/h4-5,8-9,16H,2-3,6-7,10-12H2,1H3. The molecule has 0 atom stereocenters. The highest BCUT2D eigenvalue weighted by Gasteiger charge is 2.14. The molecule has 0 bridgehead atoms. The number of nitrogens with one attached hydrogen (secondary N) is 1. The molecule has 0 saturated carbocycles. The first kappa shape index (κ1) is 13.1. The highest BCUT2D eigenvalue weighted by Crippen LogP contribution is 2.22. The van der Waals surface area contributed by atoms with Crippen LogP contribution in [0.5, 0.6) is 0 Å². The van der Waals surface area contributed by atoms with Crippen LogP contribution in [0.15, 0.2) is 24.3 Å². The first-order valence-corrected chi connectivity index (χ1v) is 6.86. The fraction of sp³-hybridized carbons (Fsp3) is 0.533. The van der Waals surface area contributed by atoms with Gasteiger partial charge in [0.05, 0.1) is 0 Å². The van der Waals surface area contributed by atoms with Gasteiger partial charge in [0.25, 0.3) is 0 Å². The van der Waals surface area contributed by atoms with Gasteiger partial charge in [-0.25, -0.2) is 0 Å². The van der Waals surface area contributed by atoms with E-state index in [0.717, 1.165) is 31.7 Å². The van der Waals surface area contributed by atoms with Gasteiger partial charge in [0.2, 0.25) is 5.91 Å². The minimum Gasteiger partial charge on any atom is -0.313 e. The van der Waals surface area contributed by atoms with E-state index in [1.165, 1.54) is 24.8 Å². The first-order valence-electron chi connectivity index (χ1n) is 6.86. The highest BCUT2D eigenvalue weighted by molar-refractivity contribution is 5.92. The number of nitrogens with zero attached hydrogens (tertiary/aromatic N) is 1. The van der Waals surface area contributed by atoms with Crippen molar-refractivity contribution < 1.29 is 4.79 Å². The van der Waals surface area contributed by atoms with Gasteiger partial charge in [0.15, 0.2) is 0 Å². The fourth-order valence-corrected chi connectivity index (χ4v) is 2.47. The maximum Gasteiger partial charge on any atom is 0.223 e. The van der Waals surface area contributed by atoms with Crippen LogP contribution in [-0.4, -0.2) is 19.0 Å². The van der Waals surface area contributed by atoms with E-state index < -0.39 is 0 Å². The number of amides is 1. The number of carbonyl (C=O) groups excluding carboxylic acids is 1. The van der Waals surface area contributed by atoms with Gasteiger partial charge in [-0.1, -0.05) is 31.0 Å². The van der Waals surface area contributed by atoms with Gasteiger partial charge in [0, 0.05) is 25.7 Å². The summed E-state index contributed by atoms with van der Waals surface area (Å²) in [5.74, 6) is 0.140. The van der Waals surface area contributed by atoms with Crippen LogP contribution in [0.3, 0.4) is 0 Å². The number of hydrogen-bond donors (Lipinski definition) is 1. The summed E-state index contributed by atoms with van der Waals surface area (Å²) in [5, 5.41) is 3.46. The van der Waals surface area contributed by atoms with Crippen molar-refractivity contribution in [2.24, 2.45) is 0 Å². The van der Waals surface area contributed by atoms with E-state index in [-0.39, 0.29) is 5.91 Å². The molecule has 1 N–H and O–H groups in total. The molecule has 3 heteroatoms. The number of hydrogen-bond acceptors (Lipinski definition) is 2. The third kappa shape index (κ3) is 3.33. The van der Waals surface area contributed by atoms with Gasteiger partial charge < -0.3 is 10.2 Å². The lowest BCUT2D eigenvalue weighted by molar-refractivity contribution is -0.116. The van der Waals surface area contributed by atoms with Crippen molar-refractivity contribution >= 4 is 11.6 Å². The van der Waals surface area contributed by atoms with Gasteiger partial charge in [-0.2, -0.15) is 0 Å². The molecule has 1 amide bonds. The Hall–Kier alpha value is -1.35. The van der Waals surface area contributed by atoms with Crippen molar-refractivity contribution in [3.63, 3.8) is 0 Å². The molecule has 1 aromatic rings. The third-order valence-corrected chi connectivity index (χ3v) is 3.46. The Labute approximate surface area is 109 Å². The zero-order valence-electron chi connectivity index (χ0n) is 11.1. The second kappa shape index (κ2) is 6.55. The van der Waals surface area contributed by atoms with E-state index in [0.29, 0.717) is 0 Å². The van der Waals surface area contributed by atoms with E-state index >= 15 is 0 Å². The van der Waals surface area contributed by atoms with E-state index in [2.05, 4.69) is 17.4 Å². The van der Waals surface area contributed by atoms with E-state index in [1.807, 2.05) is 17.0 Å². The molecule has 0 aromatic heterocycles. The van der Waals surface area contributed by atoms with Gasteiger partial charge in [-0.3, -0.25) is 4.79 Å². The van der Waals surface area contributed by atoms with E-state index in [1.54, 1.807) is 6.92 Å². The Balaban J connectivity index is 2.26. The molecule has 0 radical (unpaired) electrons. The average molecular weight is 246 g/mol. The van der Waals surface area contributed by atoms with Crippen molar-refractivity contribution in [3.05, 3.63) is 29.8 Å². The van der Waals surface area contributed by atoms with Crippen molar-refractivity contribution in [1.82, 2.24) is 5.32 Å². The largest absolute Gasteiger partial charge is 0.313 e. The van der Waals surface area contributed by atoms with Gasteiger partial charge in [-0.05, 0) is 31.0 Å². The highest BCUT2D eigenvalue weighted by atomic mass is 16.2. The smallest absolute Gasteiger partial charge is 0.223 e. The predicted molar refractivity (Wildman–Crippen MR) is 74.6 cm³/mol. The lowest BCUT2D eigenvalue weighted by atomic mass is 10.1. The maximum atomic E-state index is 11.8. The maximum absolute atomic E-state index is 11.8. The molecule has 0 spiro atoms.